The number of likely N-dealkylation sites (N-methyl/N-ethyl adjacent to an activating group) is 1. The van der Waals surface area contributed by atoms with Gasteiger partial charge in [0.05, 0.1) is 0 Å². The molecule has 2 atom stereocenters. The Morgan fingerprint density at radius 1 is 1.27 bits per heavy atom. The Morgan fingerprint density at radius 2 is 2.07 bits per heavy atom. The van der Waals surface area contributed by atoms with Crippen LogP contribution < -0.4 is 5.32 Å². The van der Waals surface area contributed by atoms with Crippen molar-refractivity contribution in [3.63, 3.8) is 0 Å². The second-order valence-electron chi connectivity index (χ2n) is 5.72. The van der Waals surface area contributed by atoms with E-state index in [1.54, 1.807) is 0 Å². The van der Waals surface area contributed by atoms with Gasteiger partial charge in [0.15, 0.2) is 0 Å². The van der Waals surface area contributed by atoms with E-state index in [-0.39, 0.29) is 0 Å². The van der Waals surface area contributed by atoms with E-state index in [4.69, 9.17) is 0 Å². The molecule has 2 fully saturated rings. The lowest BCUT2D eigenvalue weighted by Gasteiger charge is -2.48. The monoisotopic (exact) mass is 210 g/mol. The summed E-state index contributed by atoms with van der Waals surface area (Å²) < 4.78 is 0. The van der Waals surface area contributed by atoms with Crippen LogP contribution in [-0.4, -0.2) is 36.6 Å². The molecule has 0 aromatic rings. The van der Waals surface area contributed by atoms with E-state index < -0.39 is 0 Å². The smallest absolute Gasteiger partial charge is 0.0360 e. The Balaban J connectivity index is 2.17. The van der Waals surface area contributed by atoms with E-state index in [1.165, 1.54) is 45.2 Å². The van der Waals surface area contributed by atoms with Crippen LogP contribution in [0.4, 0.5) is 0 Å². The average Bonchev–Trinajstić information content (AvgIpc) is 2.66. The molecule has 2 heterocycles. The molecule has 88 valence electrons. The van der Waals surface area contributed by atoms with Gasteiger partial charge in [-0.25, -0.2) is 0 Å². The second-order valence-corrected chi connectivity index (χ2v) is 5.72. The molecule has 0 amide bonds. The highest BCUT2D eigenvalue weighted by molar-refractivity contribution is 5.04. The molecule has 0 saturated carbocycles. The molecule has 0 bridgehead atoms. The summed E-state index contributed by atoms with van der Waals surface area (Å²) in [7, 11) is 2.30. The van der Waals surface area contributed by atoms with Gasteiger partial charge in [0.1, 0.15) is 0 Å². The zero-order valence-electron chi connectivity index (χ0n) is 10.6. The number of rotatable bonds is 2. The summed E-state index contributed by atoms with van der Waals surface area (Å²) in [5.74, 6) is 0.753. The van der Waals surface area contributed by atoms with Crippen LogP contribution in [0.2, 0.25) is 0 Å². The first-order valence-corrected chi connectivity index (χ1v) is 6.62. The van der Waals surface area contributed by atoms with Gasteiger partial charge < -0.3 is 10.2 Å². The van der Waals surface area contributed by atoms with Crippen molar-refractivity contribution in [2.75, 3.05) is 20.1 Å². The molecule has 2 rings (SSSR count). The first kappa shape index (κ1) is 11.4. The molecule has 15 heavy (non-hydrogen) atoms. The molecule has 0 spiro atoms. The van der Waals surface area contributed by atoms with Gasteiger partial charge in [-0.3, -0.25) is 0 Å². The minimum Gasteiger partial charge on any atom is -0.310 e. The summed E-state index contributed by atoms with van der Waals surface area (Å²) in [6, 6.07) is 0.776. The molecule has 2 heteroatoms. The molecule has 0 aromatic carbocycles. The highest BCUT2D eigenvalue weighted by Gasteiger charge is 2.45. The molecule has 0 aliphatic carbocycles. The van der Waals surface area contributed by atoms with Crippen molar-refractivity contribution in [2.45, 2.75) is 57.5 Å². The third-order valence-electron chi connectivity index (χ3n) is 4.62. The molecule has 2 saturated heterocycles. The summed E-state index contributed by atoms with van der Waals surface area (Å²) in [5, 5.41) is 3.86. The zero-order chi connectivity index (χ0) is 10.9. The van der Waals surface area contributed by atoms with Crippen LogP contribution in [0.1, 0.15) is 46.0 Å². The molecule has 0 aromatic heterocycles. The van der Waals surface area contributed by atoms with Crippen molar-refractivity contribution in [2.24, 2.45) is 5.92 Å². The van der Waals surface area contributed by atoms with Gasteiger partial charge >= 0.3 is 0 Å². The van der Waals surface area contributed by atoms with Gasteiger partial charge in [0.25, 0.3) is 0 Å². The van der Waals surface area contributed by atoms with E-state index in [9.17, 15) is 0 Å². The van der Waals surface area contributed by atoms with Gasteiger partial charge in [-0.05, 0) is 51.7 Å². The number of nitrogens with one attached hydrogen (secondary N) is 1. The summed E-state index contributed by atoms with van der Waals surface area (Å²) in [4.78, 5) is 2.58. The maximum atomic E-state index is 3.86. The van der Waals surface area contributed by atoms with Gasteiger partial charge in [-0.1, -0.05) is 20.3 Å². The van der Waals surface area contributed by atoms with E-state index in [2.05, 4.69) is 31.1 Å². The second kappa shape index (κ2) is 4.42. The van der Waals surface area contributed by atoms with Gasteiger partial charge in [-0.15, -0.1) is 0 Å². The van der Waals surface area contributed by atoms with E-state index in [1.807, 2.05) is 0 Å². The standard InChI is InChI=1S/C13H26N2/c1-11(2)13(8-4-5-9-14-13)12-7-6-10-15(12)3/h11-12,14H,4-10H2,1-3H3. The highest BCUT2D eigenvalue weighted by atomic mass is 15.2. The van der Waals surface area contributed by atoms with Crippen molar-refractivity contribution < 1.29 is 0 Å². The normalized spacial score (nSPS) is 38.8. The predicted molar refractivity (Wildman–Crippen MR) is 65.1 cm³/mol. The Hall–Kier alpha value is -0.0800. The van der Waals surface area contributed by atoms with Crippen LogP contribution in [-0.2, 0) is 0 Å². The molecule has 2 unspecified atom stereocenters. The molecule has 2 aliphatic rings. The summed E-state index contributed by atoms with van der Waals surface area (Å²) in [5.41, 5.74) is 0.406. The molecular weight excluding hydrogens is 184 g/mol. The number of hydrogen-bond acceptors (Lipinski definition) is 2. The first-order valence-electron chi connectivity index (χ1n) is 6.62. The third-order valence-corrected chi connectivity index (χ3v) is 4.62. The maximum Gasteiger partial charge on any atom is 0.0360 e. The van der Waals surface area contributed by atoms with Crippen molar-refractivity contribution in [3.8, 4) is 0 Å². The van der Waals surface area contributed by atoms with E-state index in [0.717, 1.165) is 12.0 Å². The number of piperidine rings is 1. The SMILES string of the molecule is CC(C)C1(C2CCCN2C)CCCCN1. The van der Waals surface area contributed by atoms with Crippen LogP contribution in [0.15, 0.2) is 0 Å². The van der Waals surface area contributed by atoms with Crippen LogP contribution in [0.3, 0.4) is 0 Å². The average molecular weight is 210 g/mol. The molecule has 1 N–H and O–H groups in total. The van der Waals surface area contributed by atoms with Crippen molar-refractivity contribution in [1.82, 2.24) is 10.2 Å². The largest absolute Gasteiger partial charge is 0.310 e. The highest BCUT2D eigenvalue weighted by Crippen LogP contribution is 2.37. The molecule has 0 radical (unpaired) electrons. The molecule has 2 aliphatic heterocycles. The molecule has 2 nitrogen and oxygen atoms in total. The lowest BCUT2D eigenvalue weighted by molar-refractivity contribution is 0.0800. The van der Waals surface area contributed by atoms with Gasteiger partial charge in [-0.2, -0.15) is 0 Å². The Bertz CT molecular complexity index is 207. The summed E-state index contributed by atoms with van der Waals surface area (Å²) in [6.07, 6.45) is 6.93. The quantitative estimate of drug-likeness (QED) is 0.752. The fourth-order valence-electron chi connectivity index (χ4n) is 3.68. The number of nitrogens with zero attached hydrogens (tertiary/aromatic N) is 1. The minimum absolute atomic E-state index is 0.406. The maximum absolute atomic E-state index is 3.86. The number of likely N-dealkylation sites (tertiary alicyclic amines) is 1. The van der Waals surface area contributed by atoms with Crippen LogP contribution in [0.25, 0.3) is 0 Å². The fourth-order valence-corrected chi connectivity index (χ4v) is 3.68. The predicted octanol–water partition coefficient (Wildman–Crippen LogP) is 2.25. The summed E-state index contributed by atoms with van der Waals surface area (Å²) in [6.45, 7) is 7.30. The fraction of sp³-hybridized carbons (Fsp3) is 1.00. The summed E-state index contributed by atoms with van der Waals surface area (Å²) >= 11 is 0. The lowest BCUT2D eigenvalue weighted by Crippen LogP contribution is -2.63. The first-order chi connectivity index (χ1) is 7.17. The lowest BCUT2D eigenvalue weighted by atomic mass is 9.73. The van der Waals surface area contributed by atoms with Crippen molar-refractivity contribution in [3.05, 3.63) is 0 Å². The Morgan fingerprint density at radius 3 is 2.53 bits per heavy atom. The van der Waals surface area contributed by atoms with E-state index in [0.29, 0.717) is 5.54 Å². The zero-order valence-corrected chi connectivity index (χ0v) is 10.6. The topological polar surface area (TPSA) is 15.3 Å². The van der Waals surface area contributed by atoms with Crippen LogP contribution >= 0.6 is 0 Å². The number of hydrogen-bond donors (Lipinski definition) is 1. The molecular formula is C13H26N2. The minimum atomic E-state index is 0.406. The van der Waals surface area contributed by atoms with Crippen molar-refractivity contribution >= 4 is 0 Å². The Labute approximate surface area is 94.4 Å². The third kappa shape index (κ3) is 1.94. The van der Waals surface area contributed by atoms with Crippen LogP contribution in [0.5, 0.6) is 0 Å². The Kier molecular flexibility index (Phi) is 3.36. The van der Waals surface area contributed by atoms with Gasteiger partial charge in [0, 0.05) is 11.6 Å². The van der Waals surface area contributed by atoms with Gasteiger partial charge in [0.2, 0.25) is 0 Å². The van der Waals surface area contributed by atoms with Crippen LogP contribution in [0, 0.1) is 5.92 Å². The van der Waals surface area contributed by atoms with Crippen molar-refractivity contribution in [1.29, 1.82) is 0 Å². The van der Waals surface area contributed by atoms with E-state index >= 15 is 0 Å².